The van der Waals surface area contributed by atoms with Crippen molar-refractivity contribution >= 4 is 39.6 Å². The highest BCUT2D eigenvalue weighted by Crippen LogP contribution is 2.35. The summed E-state index contributed by atoms with van der Waals surface area (Å²) >= 11 is 4.98. The fourth-order valence-electron chi connectivity index (χ4n) is 3.59. The highest BCUT2D eigenvalue weighted by molar-refractivity contribution is 7.90. The molecule has 1 aliphatic carbocycles. The molecule has 2 atom stereocenters. The van der Waals surface area contributed by atoms with E-state index in [0.29, 0.717) is 24.1 Å². The van der Waals surface area contributed by atoms with Gasteiger partial charge in [-0.25, -0.2) is 9.97 Å². The number of rotatable bonds is 7. The van der Waals surface area contributed by atoms with Gasteiger partial charge in [-0.05, 0) is 51.5 Å². The van der Waals surface area contributed by atoms with Crippen LogP contribution in [0.2, 0.25) is 5.15 Å². The molecule has 0 radical (unpaired) electrons. The van der Waals surface area contributed by atoms with Gasteiger partial charge in [0.2, 0.25) is 11.8 Å². The third-order valence-electron chi connectivity index (χ3n) is 5.69. The maximum absolute atomic E-state index is 12.7. The van der Waals surface area contributed by atoms with Crippen LogP contribution in [0.1, 0.15) is 58.6 Å². The molecule has 0 aromatic carbocycles. The Kier molecular flexibility index (Phi) is 6.36. The average Bonchev–Trinajstić information content (AvgIpc) is 3.52. The third-order valence-corrected chi connectivity index (χ3v) is 7.50. The number of hydrogen-bond acceptors (Lipinski definition) is 6. The summed E-state index contributed by atoms with van der Waals surface area (Å²) in [6.45, 7) is 9.03. The van der Waals surface area contributed by atoms with Crippen LogP contribution in [-0.4, -0.2) is 49.3 Å². The molecule has 0 bridgehead atoms. The summed E-state index contributed by atoms with van der Waals surface area (Å²) in [7, 11) is 0. The number of amides is 1. The van der Waals surface area contributed by atoms with Gasteiger partial charge < -0.3 is 14.2 Å². The smallest absolute Gasteiger partial charge is 0.225 e. The van der Waals surface area contributed by atoms with Crippen molar-refractivity contribution in [2.45, 2.75) is 63.9 Å². The van der Waals surface area contributed by atoms with Gasteiger partial charge in [0.1, 0.15) is 16.0 Å². The van der Waals surface area contributed by atoms with Crippen molar-refractivity contribution in [1.29, 1.82) is 0 Å². The molecule has 168 valence electrons. The zero-order valence-electron chi connectivity index (χ0n) is 18.4. The molecule has 3 heterocycles. The first-order valence-electron chi connectivity index (χ1n) is 10.7. The van der Waals surface area contributed by atoms with Crippen LogP contribution in [0.4, 0.5) is 0 Å². The molecule has 1 amide bonds. The lowest BCUT2D eigenvalue weighted by molar-refractivity contribution is -0.141. The van der Waals surface area contributed by atoms with Crippen molar-refractivity contribution in [2.75, 3.05) is 13.1 Å². The van der Waals surface area contributed by atoms with E-state index in [1.807, 2.05) is 32.6 Å². The number of halogens is 1. The average molecular weight is 465 g/mol. The molecular formula is C22H29ClN4O3S. The van der Waals surface area contributed by atoms with Crippen LogP contribution >= 0.6 is 11.6 Å². The second-order valence-corrected chi connectivity index (χ2v) is 11.7. The molecule has 2 aliphatic rings. The first-order chi connectivity index (χ1) is 14.7. The van der Waals surface area contributed by atoms with Crippen LogP contribution in [0.3, 0.4) is 0 Å². The fraction of sp³-hybridized carbons (Fsp3) is 0.591. The number of ether oxygens (including phenoxy) is 1. The Morgan fingerprint density at radius 2 is 2.03 bits per heavy atom. The van der Waals surface area contributed by atoms with E-state index in [9.17, 15) is 9.35 Å². The van der Waals surface area contributed by atoms with Crippen LogP contribution in [0.5, 0.6) is 5.88 Å². The topological polar surface area (TPSA) is 90.4 Å². The van der Waals surface area contributed by atoms with Crippen molar-refractivity contribution in [3.8, 4) is 5.88 Å². The number of pyridine rings is 2. The van der Waals surface area contributed by atoms with Crippen LogP contribution < -0.4 is 9.46 Å². The number of fused-ring (bicyclic) bond motifs is 1. The molecule has 2 aromatic heterocycles. The van der Waals surface area contributed by atoms with Crippen LogP contribution in [0.25, 0.3) is 10.8 Å². The second-order valence-electron chi connectivity index (χ2n) is 9.29. The summed E-state index contributed by atoms with van der Waals surface area (Å²) in [4.78, 5) is 22.8. The number of likely N-dealkylation sites (tertiary alicyclic amines) is 1. The van der Waals surface area contributed by atoms with Gasteiger partial charge in [-0.3, -0.25) is 4.79 Å². The van der Waals surface area contributed by atoms with Crippen molar-refractivity contribution in [3.05, 3.63) is 29.2 Å². The molecule has 2 fully saturated rings. The molecule has 1 saturated carbocycles. The van der Waals surface area contributed by atoms with Crippen molar-refractivity contribution in [2.24, 2.45) is 5.92 Å². The zero-order chi connectivity index (χ0) is 22.3. The molecule has 0 spiro atoms. The molecule has 1 unspecified atom stereocenters. The number of nitrogens with zero attached hydrogens (tertiary/aromatic N) is 3. The molecule has 4 rings (SSSR count). The molecule has 1 aliphatic heterocycles. The first-order valence-corrected chi connectivity index (χ1v) is 12.3. The Morgan fingerprint density at radius 1 is 1.32 bits per heavy atom. The van der Waals surface area contributed by atoms with E-state index in [-0.39, 0.29) is 28.7 Å². The van der Waals surface area contributed by atoms with E-state index in [4.69, 9.17) is 16.3 Å². The lowest BCUT2D eigenvalue weighted by Crippen LogP contribution is -2.56. The van der Waals surface area contributed by atoms with E-state index >= 15 is 0 Å². The standard InChI is InChI=1S/C22H29ClN4O3S/c1-5-18(26-31(29)22(2,3)4)16-9-25-20(17-10-24-19(23)8-15(16)17)30-14-11-27(12-14)21(28)13-6-7-13/h8-10,13-14,18,26H,5-7,11-12H2,1-4H3/t18-,31?/m0/s1. The SMILES string of the molecule is CC[C@H](N[S+]([O-])C(C)(C)C)c1cnc(OC2CN(C(=O)C3CC3)C2)c2cnc(Cl)cc12. The first kappa shape index (κ1) is 22.6. The molecule has 1 N–H and O–H groups in total. The van der Waals surface area contributed by atoms with E-state index in [2.05, 4.69) is 14.7 Å². The molecular weight excluding hydrogens is 436 g/mol. The van der Waals surface area contributed by atoms with Crippen molar-refractivity contribution in [1.82, 2.24) is 19.6 Å². The minimum Gasteiger partial charge on any atom is -0.598 e. The maximum atomic E-state index is 12.7. The molecule has 9 heteroatoms. The number of carbonyl (C=O) groups is 1. The Bertz CT molecular complexity index is 973. The highest BCUT2D eigenvalue weighted by Gasteiger charge is 2.40. The minimum atomic E-state index is -1.23. The Morgan fingerprint density at radius 3 is 2.65 bits per heavy atom. The second kappa shape index (κ2) is 8.73. The van der Waals surface area contributed by atoms with Gasteiger partial charge in [0.05, 0.1) is 24.5 Å². The van der Waals surface area contributed by atoms with Crippen LogP contribution in [0, 0.1) is 5.92 Å². The predicted molar refractivity (Wildman–Crippen MR) is 122 cm³/mol. The van der Waals surface area contributed by atoms with Gasteiger partial charge in [0.25, 0.3) is 0 Å². The number of nitrogens with one attached hydrogen (secondary N) is 1. The lowest BCUT2D eigenvalue weighted by atomic mass is 10.0. The zero-order valence-corrected chi connectivity index (χ0v) is 19.9. The normalized spacial score (nSPS) is 19.2. The van der Waals surface area contributed by atoms with Crippen molar-refractivity contribution < 1.29 is 14.1 Å². The van der Waals surface area contributed by atoms with E-state index < -0.39 is 11.4 Å². The van der Waals surface area contributed by atoms with E-state index in [0.717, 1.165) is 35.6 Å². The Labute approximate surface area is 191 Å². The van der Waals surface area contributed by atoms with Gasteiger partial charge in [0, 0.05) is 35.2 Å². The summed E-state index contributed by atoms with van der Waals surface area (Å²) in [6, 6.07) is 1.65. The molecule has 7 nitrogen and oxygen atoms in total. The monoisotopic (exact) mass is 464 g/mol. The van der Waals surface area contributed by atoms with E-state index in [1.165, 1.54) is 0 Å². The minimum absolute atomic E-state index is 0.0755. The Hall–Kier alpha value is -1.61. The molecule has 2 aromatic rings. The third kappa shape index (κ3) is 4.92. The summed E-state index contributed by atoms with van der Waals surface area (Å²) in [6.07, 6.45) is 6.11. The summed E-state index contributed by atoms with van der Waals surface area (Å²) in [5.74, 6) is 0.950. The van der Waals surface area contributed by atoms with Gasteiger partial charge in [0.15, 0.2) is 0 Å². The molecule has 31 heavy (non-hydrogen) atoms. The molecule has 1 saturated heterocycles. The summed E-state index contributed by atoms with van der Waals surface area (Å²) in [5.41, 5.74) is 0.908. The number of hydrogen-bond donors (Lipinski definition) is 1. The number of carbonyl (C=O) groups excluding carboxylic acids is 1. The van der Waals surface area contributed by atoms with Gasteiger partial charge in [-0.1, -0.05) is 18.5 Å². The van der Waals surface area contributed by atoms with Crippen LogP contribution in [-0.2, 0) is 16.2 Å². The predicted octanol–water partition coefficient (Wildman–Crippen LogP) is 3.79. The largest absolute Gasteiger partial charge is 0.598 e. The summed E-state index contributed by atoms with van der Waals surface area (Å²) < 4.78 is 21.7. The Balaban J connectivity index is 1.56. The van der Waals surface area contributed by atoms with Gasteiger partial charge >= 0.3 is 0 Å². The van der Waals surface area contributed by atoms with Crippen LogP contribution in [0.15, 0.2) is 18.5 Å². The van der Waals surface area contributed by atoms with Gasteiger partial charge in [-0.2, -0.15) is 0 Å². The summed E-state index contributed by atoms with van der Waals surface area (Å²) in [5, 5.41) is 2.01. The quantitative estimate of drug-likeness (QED) is 0.495. The fourth-order valence-corrected chi connectivity index (χ4v) is 4.65. The highest BCUT2D eigenvalue weighted by atomic mass is 35.5. The maximum Gasteiger partial charge on any atom is 0.225 e. The number of aromatic nitrogens is 2. The van der Waals surface area contributed by atoms with E-state index in [1.54, 1.807) is 18.5 Å². The lowest BCUT2D eigenvalue weighted by Gasteiger charge is -2.39. The van der Waals surface area contributed by atoms with Crippen molar-refractivity contribution in [3.63, 3.8) is 0 Å². The van der Waals surface area contributed by atoms with Gasteiger partial charge in [-0.15, -0.1) is 4.72 Å².